The number of hydrogen-bond acceptors (Lipinski definition) is 1. The largest absolute Gasteiger partial charge is 0.313 e. The predicted octanol–water partition coefficient (Wildman–Crippen LogP) is 4.22. The van der Waals surface area contributed by atoms with E-state index in [4.69, 9.17) is 0 Å². The van der Waals surface area contributed by atoms with E-state index in [2.05, 4.69) is 5.32 Å². The molecule has 2 aromatic rings. The molecule has 4 heteroatoms. The number of nitrogens with one attached hydrogen (secondary N) is 1. The molecule has 1 nitrogen and oxygen atoms in total. The lowest BCUT2D eigenvalue weighted by molar-refractivity contribution is 0.494. The van der Waals surface area contributed by atoms with E-state index < -0.39 is 17.7 Å². The van der Waals surface area contributed by atoms with E-state index in [9.17, 15) is 13.2 Å². The Labute approximate surface area is 122 Å². The number of rotatable bonds is 4. The number of halogens is 3. The first-order chi connectivity index (χ1) is 9.93. The fourth-order valence-electron chi connectivity index (χ4n) is 2.65. The van der Waals surface area contributed by atoms with Crippen molar-refractivity contribution in [2.24, 2.45) is 0 Å². The fraction of sp³-hybridized carbons (Fsp3) is 0.294. The van der Waals surface area contributed by atoms with Gasteiger partial charge in [-0.2, -0.15) is 0 Å². The summed E-state index contributed by atoms with van der Waals surface area (Å²) >= 11 is 0. The van der Waals surface area contributed by atoms with Crippen molar-refractivity contribution in [3.63, 3.8) is 0 Å². The van der Waals surface area contributed by atoms with Crippen LogP contribution in [-0.4, -0.2) is 7.05 Å². The minimum absolute atomic E-state index is 0.0313. The zero-order chi connectivity index (χ0) is 15.6. The summed E-state index contributed by atoms with van der Waals surface area (Å²) in [5, 5.41) is 2.95. The van der Waals surface area contributed by atoms with E-state index in [-0.39, 0.29) is 17.8 Å². The lowest BCUT2D eigenvalue weighted by Gasteiger charge is -2.21. The molecule has 0 aliphatic rings. The summed E-state index contributed by atoms with van der Waals surface area (Å²) in [4.78, 5) is 0. The summed E-state index contributed by atoms with van der Waals surface area (Å²) in [6.45, 7) is 3.61. The van der Waals surface area contributed by atoms with Crippen molar-refractivity contribution >= 4 is 0 Å². The highest BCUT2D eigenvalue weighted by Gasteiger charge is 2.21. The average molecular weight is 293 g/mol. The van der Waals surface area contributed by atoms with Crippen LogP contribution in [0.2, 0.25) is 0 Å². The maximum atomic E-state index is 14.2. The molecule has 1 N–H and O–H groups in total. The van der Waals surface area contributed by atoms with E-state index in [1.807, 2.05) is 13.0 Å². The van der Waals surface area contributed by atoms with Crippen LogP contribution in [-0.2, 0) is 6.42 Å². The van der Waals surface area contributed by atoms with Crippen molar-refractivity contribution in [2.75, 3.05) is 7.05 Å². The van der Waals surface area contributed by atoms with Crippen LogP contribution in [0.1, 0.15) is 28.3 Å². The van der Waals surface area contributed by atoms with Gasteiger partial charge in [-0.15, -0.1) is 0 Å². The summed E-state index contributed by atoms with van der Waals surface area (Å²) < 4.78 is 41.8. The fourth-order valence-corrected chi connectivity index (χ4v) is 2.65. The highest BCUT2D eigenvalue weighted by molar-refractivity contribution is 5.36. The van der Waals surface area contributed by atoms with Gasteiger partial charge in [-0.1, -0.05) is 12.1 Å². The Morgan fingerprint density at radius 2 is 1.62 bits per heavy atom. The van der Waals surface area contributed by atoms with Crippen molar-refractivity contribution in [1.82, 2.24) is 5.32 Å². The summed E-state index contributed by atoms with van der Waals surface area (Å²) in [5.41, 5.74) is 2.01. The van der Waals surface area contributed by atoms with E-state index in [1.54, 1.807) is 14.0 Å². The van der Waals surface area contributed by atoms with Gasteiger partial charge in [0.2, 0.25) is 0 Å². The van der Waals surface area contributed by atoms with Crippen molar-refractivity contribution < 1.29 is 13.2 Å². The van der Waals surface area contributed by atoms with Crippen LogP contribution in [0.5, 0.6) is 0 Å². The van der Waals surface area contributed by atoms with Crippen molar-refractivity contribution in [2.45, 2.75) is 26.3 Å². The molecule has 2 rings (SSSR count). The van der Waals surface area contributed by atoms with Crippen molar-refractivity contribution in [3.05, 3.63) is 70.0 Å². The van der Waals surface area contributed by atoms with Gasteiger partial charge < -0.3 is 5.32 Å². The van der Waals surface area contributed by atoms with Gasteiger partial charge in [0.1, 0.15) is 17.5 Å². The molecule has 0 aliphatic carbocycles. The van der Waals surface area contributed by atoms with E-state index in [1.165, 1.54) is 24.3 Å². The lowest BCUT2D eigenvalue weighted by atomic mass is 9.93. The number of benzene rings is 2. The van der Waals surface area contributed by atoms with E-state index in [0.29, 0.717) is 5.56 Å². The van der Waals surface area contributed by atoms with Gasteiger partial charge in [-0.25, -0.2) is 13.2 Å². The van der Waals surface area contributed by atoms with Gasteiger partial charge in [0.05, 0.1) is 0 Å². The molecule has 0 saturated heterocycles. The Morgan fingerprint density at radius 3 is 2.14 bits per heavy atom. The summed E-state index contributed by atoms with van der Waals surface area (Å²) in [6.07, 6.45) is 0.0514. The minimum Gasteiger partial charge on any atom is -0.313 e. The first kappa shape index (κ1) is 15.6. The highest BCUT2D eigenvalue weighted by Crippen LogP contribution is 2.27. The number of likely N-dealkylation sites (N-methyl/N-ethyl adjacent to an activating group) is 1. The zero-order valence-electron chi connectivity index (χ0n) is 12.3. The summed E-state index contributed by atoms with van der Waals surface area (Å²) in [5.74, 6) is -1.58. The van der Waals surface area contributed by atoms with E-state index in [0.717, 1.165) is 11.1 Å². The summed E-state index contributed by atoms with van der Waals surface area (Å²) in [7, 11) is 1.65. The SMILES string of the molecule is CNC(Cc1c(F)cccc1F)c1c(C)cc(C)cc1F. The zero-order valence-corrected chi connectivity index (χ0v) is 12.3. The second kappa shape index (κ2) is 6.31. The number of hydrogen-bond donors (Lipinski definition) is 1. The maximum absolute atomic E-state index is 14.2. The van der Waals surface area contributed by atoms with Gasteiger partial charge in [-0.05, 0) is 56.6 Å². The molecule has 0 amide bonds. The molecule has 21 heavy (non-hydrogen) atoms. The smallest absolute Gasteiger partial charge is 0.129 e. The van der Waals surface area contributed by atoms with Crippen molar-refractivity contribution in [3.8, 4) is 0 Å². The van der Waals surface area contributed by atoms with Gasteiger partial charge in [-0.3, -0.25) is 0 Å². The van der Waals surface area contributed by atoms with E-state index >= 15 is 0 Å². The summed E-state index contributed by atoms with van der Waals surface area (Å²) in [6, 6.07) is 6.55. The Kier molecular flexibility index (Phi) is 4.68. The van der Waals surface area contributed by atoms with Crippen LogP contribution in [0, 0.1) is 31.3 Å². The molecule has 1 unspecified atom stereocenters. The molecule has 112 valence electrons. The van der Waals surface area contributed by atoms with Gasteiger partial charge >= 0.3 is 0 Å². The third-order valence-electron chi connectivity index (χ3n) is 3.65. The lowest BCUT2D eigenvalue weighted by Crippen LogP contribution is -2.22. The normalized spacial score (nSPS) is 12.5. The molecule has 0 bridgehead atoms. The van der Waals surface area contributed by atoms with Crippen LogP contribution >= 0.6 is 0 Å². The Morgan fingerprint density at radius 1 is 1.00 bits per heavy atom. The Hall–Kier alpha value is -1.81. The molecule has 2 aromatic carbocycles. The molecule has 1 atom stereocenters. The quantitative estimate of drug-likeness (QED) is 0.890. The topological polar surface area (TPSA) is 12.0 Å². The third kappa shape index (κ3) is 3.27. The first-order valence-electron chi connectivity index (χ1n) is 6.80. The second-order valence-corrected chi connectivity index (χ2v) is 5.22. The van der Waals surface area contributed by atoms with Gasteiger partial charge in [0.15, 0.2) is 0 Å². The molecule has 0 radical (unpaired) electrons. The molecule has 0 heterocycles. The third-order valence-corrected chi connectivity index (χ3v) is 3.65. The maximum Gasteiger partial charge on any atom is 0.129 e. The molecule has 0 aliphatic heterocycles. The van der Waals surface area contributed by atoms with Gasteiger partial charge in [0, 0.05) is 17.2 Å². The van der Waals surface area contributed by atoms with Crippen LogP contribution in [0.3, 0.4) is 0 Å². The highest BCUT2D eigenvalue weighted by atomic mass is 19.1. The second-order valence-electron chi connectivity index (χ2n) is 5.22. The van der Waals surface area contributed by atoms with Crippen molar-refractivity contribution in [1.29, 1.82) is 0 Å². The van der Waals surface area contributed by atoms with Crippen LogP contribution in [0.4, 0.5) is 13.2 Å². The standard InChI is InChI=1S/C17H18F3N/c1-10-7-11(2)17(15(20)8-10)16(21-3)9-12-13(18)5-4-6-14(12)19/h4-8,16,21H,9H2,1-3H3. The first-order valence-corrected chi connectivity index (χ1v) is 6.80. The molecule has 0 fully saturated rings. The van der Waals surface area contributed by atoms with Crippen LogP contribution in [0.25, 0.3) is 0 Å². The molecule has 0 spiro atoms. The molecular formula is C17H18F3N. The van der Waals surface area contributed by atoms with Crippen LogP contribution in [0.15, 0.2) is 30.3 Å². The van der Waals surface area contributed by atoms with Crippen LogP contribution < -0.4 is 5.32 Å². The predicted molar refractivity (Wildman–Crippen MR) is 77.7 cm³/mol. The number of aryl methyl sites for hydroxylation is 2. The molecular weight excluding hydrogens is 275 g/mol. The Balaban J connectivity index is 2.42. The minimum atomic E-state index is -0.611. The molecule has 0 saturated carbocycles. The monoisotopic (exact) mass is 293 g/mol. The molecule has 0 aromatic heterocycles. The average Bonchev–Trinajstić information content (AvgIpc) is 2.39. The van der Waals surface area contributed by atoms with Gasteiger partial charge in [0.25, 0.3) is 0 Å². The Bertz CT molecular complexity index is 609.